The van der Waals surface area contributed by atoms with Crippen LogP contribution in [-0.2, 0) is 19.1 Å². The van der Waals surface area contributed by atoms with Crippen molar-refractivity contribution in [2.75, 3.05) is 20.3 Å². The monoisotopic (exact) mass is 366 g/mol. The number of aliphatic hydroxyl groups excluding tert-OH is 1. The Morgan fingerprint density at radius 1 is 1.32 bits per heavy atom. The molecule has 2 heterocycles. The van der Waals surface area contributed by atoms with Crippen molar-refractivity contribution >= 4 is 29.4 Å². The number of ether oxygens (including phenoxy) is 1. The van der Waals surface area contributed by atoms with E-state index < -0.39 is 41.9 Å². The Balaban J connectivity index is 2.13. The summed E-state index contributed by atoms with van der Waals surface area (Å²) < 4.78 is 4.83. The number of aliphatic hydroxyl groups is 1. The van der Waals surface area contributed by atoms with Crippen LogP contribution in [0.3, 0.4) is 0 Å². The summed E-state index contributed by atoms with van der Waals surface area (Å²) in [4.78, 5) is 39.1. The van der Waals surface area contributed by atoms with Gasteiger partial charge >= 0.3 is 5.97 Å². The van der Waals surface area contributed by atoms with E-state index >= 15 is 0 Å². The van der Waals surface area contributed by atoms with Gasteiger partial charge < -0.3 is 9.84 Å². The van der Waals surface area contributed by atoms with Crippen LogP contribution >= 0.6 is 11.6 Å². The summed E-state index contributed by atoms with van der Waals surface area (Å²) in [5, 5.41) is 13.5. The van der Waals surface area contributed by atoms with E-state index in [0.29, 0.717) is 10.6 Å². The van der Waals surface area contributed by atoms with Crippen LogP contribution in [-0.4, -0.2) is 53.6 Å². The lowest BCUT2D eigenvalue weighted by Crippen LogP contribution is -2.58. The minimum absolute atomic E-state index is 0.209. The highest BCUT2D eigenvalue weighted by Gasteiger charge is 2.68. The molecule has 0 aliphatic carbocycles. The van der Waals surface area contributed by atoms with Gasteiger partial charge in [-0.15, -0.1) is 0 Å². The average molecular weight is 367 g/mol. The Hall–Kier alpha value is -1.96. The molecule has 2 aliphatic rings. The number of hydrogen-bond donors (Lipinski definition) is 2. The van der Waals surface area contributed by atoms with Crippen molar-refractivity contribution in [2.45, 2.75) is 18.5 Å². The average Bonchev–Trinajstić information content (AvgIpc) is 3.10. The van der Waals surface area contributed by atoms with Gasteiger partial charge in [0.15, 0.2) is 5.54 Å². The van der Waals surface area contributed by atoms with Gasteiger partial charge in [-0.3, -0.25) is 19.8 Å². The molecule has 2 aliphatic heterocycles. The van der Waals surface area contributed by atoms with Crippen molar-refractivity contribution in [2.24, 2.45) is 11.8 Å². The molecular weight excluding hydrogens is 348 g/mol. The number of carbonyl (C=O) groups is 3. The minimum Gasteiger partial charge on any atom is -0.468 e. The van der Waals surface area contributed by atoms with E-state index in [-0.39, 0.29) is 12.5 Å². The first kappa shape index (κ1) is 17.8. The molecule has 0 unspecified atom stereocenters. The molecule has 4 atom stereocenters. The summed E-state index contributed by atoms with van der Waals surface area (Å²) in [5.74, 6) is -3.40. The standard InChI is InChI=1S/C17H19ClN2O5/c1-3-20-14(22)11-12(15(20)23)17(8-21,16(24)25-2)19-13(11)9-4-6-10(18)7-5-9/h4-7,11-13,19,21H,3,8H2,1-2H3/t11-,12-,13-,17+/m0/s1. The van der Waals surface area contributed by atoms with Gasteiger partial charge in [0, 0.05) is 17.6 Å². The highest BCUT2D eigenvalue weighted by atomic mass is 35.5. The lowest BCUT2D eigenvalue weighted by atomic mass is 9.79. The molecule has 8 heteroatoms. The molecule has 7 nitrogen and oxygen atoms in total. The maximum atomic E-state index is 12.8. The zero-order valence-corrected chi connectivity index (χ0v) is 14.6. The largest absolute Gasteiger partial charge is 0.468 e. The molecule has 2 fully saturated rings. The summed E-state index contributed by atoms with van der Waals surface area (Å²) in [6.45, 7) is 1.25. The van der Waals surface area contributed by atoms with Crippen molar-refractivity contribution in [3.63, 3.8) is 0 Å². The van der Waals surface area contributed by atoms with Gasteiger partial charge in [0.25, 0.3) is 0 Å². The van der Waals surface area contributed by atoms with Gasteiger partial charge in [-0.05, 0) is 24.6 Å². The van der Waals surface area contributed by atoms with Crippen LogP contribution in [0.15, 0.2) is 24.3 Å². The number of rotatable bonds is 4. The Kier molecular flexibility index (Phi) is 4.57. The lowest BCUT2D eigenvalue weighted by molar-refractivity contribution is -0.156. The predicted octanol–water partition coefficient (Wildman–Crippen LogP) is 0.510. The first-order chi connectivity index (χ1) is 11.9. The SMILES string of the molecule is CCN1C(=O)[C@H]2[C@@H](C1=O)[C@](CO)(C(=O)OC)N[C@H]2c1ccc(Cl)cc1. The molecule has 2 amide bonds. The van der Waals surface area contributed by atoms with E-state index in [9.17, 15) is 19.5 Å². The third kappa shape index (κ3) is 2.46. The fourth-order valence-electron chi connectivity index (χ4n) is 3.91. The molecule has 0 radical (unpaired) electrons. The summed E-state index contributed by atoms with van der Waals surface area (Å²) in [5.41, 5.74) is -0.946. The number of likely N-dealkylation sites (tertiary alicyclic amines) is 1. The molecule has 134 valence electrons. The molecule has 0 saturated carbocycles. The predicted molar refractivity (Wildman–Crippen MR) is 88.5 cm³/mol. The Morgan fingerprint density at radius 2 is 1.96 bits per heavy atom. The Morgan fingerprint density at radius 3 is 2.48 bits per heavy atom. The number of hydrogen-bond acceptors (Lipinski definition) is 6. The second-order valence-electron chi connectivity index (χ2n) is 6.22. The number of esters is 1. The molecule has 25 heavy (non-hydrogen) atoms. The van der Waals surface area contributed by atoms with E-state index in [1.807, 2.05) is 0 Å². The summed E-state index contributed by atoms with van der Waals surface area (Å²) in [6.07, 6.45) is 0. The zero-order chi connectivity index (χ0) is 18.4. The number of nitrogens with zero attached hydrogens (tertiary/aromatic N) is 1. The van der Waals surface area contributed by atoms with Crippen LogP contribution in [0, 0.1) is 11.8 Å². The molecule has 0 spiro atoms. The number of nitrogens with one attached hydrogen (secondary N) is 1. The summed E-state index contributed by atoms with van der Waals surface area (Å²) in [6, 6.07) is 6.19. The molecule has 1 aromatic carbocycles. The van der Waals surface area contributed by atoms with Crippen molar-refractivity contribution < 1.29 is 24.2 Å². The van der Waals surface area contributed by atoms with Crippen molar-refractivity contribution in [3.05, 3.63) is 34.9 Å². The van der Waals surface area contributed by atoms with Gasteiger partial charge in [0.1, 0.15) is 0 Å². The van der Waals surface area contributed by atoms with Gasteiger partial charge in [-0.2, -0.15) is 0 Å². The molecule has 0 aromatic heterocycles. The molecule has 3 rings (SSSR count). The third-order valence-electron chi connectivity index (χ3n) is 5.09. The van der Waals surface area contributed by atoms with Crippen molar-refractivity contribution in [1.29, 1.82) is 0 Å². The highest BCUT2D eigenvalue weighted by molar-refractivity contribution is 6.30. The lowest BCUT2D eigenvalue weighted by Gasteiger charge is -2.30. The fraction of sp³-hybridized carbons (Fsp3) is 0.471. The number of imide groups is 1. The fourth-order valence-corrected chi connectivity index (χ4v) is 4.04. The molecular formula is C17H19ClN2O5. The first-order valence-electron chi connectivity index (χ1n) is 7.99. The van der Waals surface area contributed by atoms with Crippen LogP contribution in [0.25, 0.3) is 0 Å². The second-order valence-corrected chi connectivity index (χ2v) is 6.66. The van der Waals surface area contributed by atoms with Crippen LogP contribution in [0.5, 0.6) is 0 Å². The smallest absolute Gasteiger partial charge is 0.329 e. The number of halogens is 1. The number of benzene rings is 1. The first-order valence-corrected chi connectivity index (χ1v) is 8.36. The molecule has 0 bridgehead atoms. The van der Waals surface area contributed by atoms with E-state index in [2.05, 4.69) is 5.32 Å². The summed E-state index contributed by atoms with van der Waals surface area (Å²) >= 11 is 5.92. The van der Waals surface area contributed by atoms with Gasteiger partial charge in [0.2, 0.25) is 11.8 Å². The van der Waals surface area contributed by atoms with Crippen molar-refractivity contribution in [3.8, 4) is 0 Å². The van der Waals surface area contributed by atoms with Crippen LogP contribution < -0.4 is 5.32 Å². The van der Waals surface area contributed by atoms with Gasteiger partial charge in [0.05, 0.1) is 25.6 Å². The quantitative estimate of drug-likeness (QED) is 0.595. The van der Waals surface area contributed by atoms with Crippen LogP contribution in [0.2, 0.25) is 5.02 Å². The maximum absolute atomic E-state index is 12.8. The van der Waals surface area contributed by atoms with Crippen molar-refractivity contribution in [1.82, 2.24) is 10.2 Å². The second kappa shape index (κ2) is 6.40. The third-order valence-corrected chi connectivity index (χ3v) is 5.34. The Bertz CT molecular complexity index is 722. The van der Waals surface area contributed by atoms with E-state index in [0.717, 1.165) is 4.90 Å². The van der Waals surface area contributed by atoms with Crippen LogP contribution in [0.1, 0.15) is 18.5 Å². The molecule has 2 saturated heterocycles. The zero-order valence-electron chi connectivity index (χ0n) is 13.9. The van der Waals surface area contributed by atoms with Gasteiger partial charge in [-0.1, -0.05) is 23.7 Å². The normalized spacial score (nSPS) is 31.4. The number of amides is 2. The van der Waals surface area contributed by atoms with E-state index in [1.54, 1.807) is 31.2 Å². The molecule has 1 aromatic rings. The van der Waals surface area contributed by atoms with Crippen LogP contribution in [0.4, 0.5) is 0 Å². The number of fused-ring (bicyclic) bond motifs is 1. The maximum Gasteiger partial charge on any atom is 0.329 e. The molecule has 2 N–H and O–H groups in total. The number of methoxy groups -OCH3 is 1. The summed E-state index contributed by atoms with van der Waals surface area (Å²) in [7, 11) is 1.19. The van der Waals surface area contributed by atoms with Gasteiger partial charge in [-0.25, -0.2) is 4.79 Å². The number of carbonyl (C=O) groups excluding carboxylic acids is 3. The Labute approximate surface area is 149 Å². The van der Waals surface area contributed by atoms with E-state index in [4.69, 9.17) is 16.3 Å². The topological polar surface area (TPSA) is 95.9 Å². The highest BCUT2D eigenvalue weighted by Crippen LogP contribution is 2.49. The minimum atomic E-state index is -1.65. The van der Waals surface area contributed by atoms with E-state index in [1.165, 1.54) is 7.11 Å².